The van der Waals surface area contributed by atoms with Gasteiger partial charge in [-0.3, -0.25) is 19.7 Å². The smallest absolute Gasteiger partial charge is 0.289 e. The van der Waals surface area contributed by atoms with E-state index in [1.807, 2.05) is 24.8 Å². The number of carbonyl (C=O) groups excluding carboxylic acids is 3. The number of nitrogens with one attached hydrogen (secondary N) is 1. The average Bonchev–Trinajstić information content (AvgIpc) is 3.23. The van der Waals surface area contributed by atoms with Crippen LogP contribution in [0.25, 0.3) is 0 Å². The molecular weight excluding hydrogens is 340 g/mol. The fourth-order valence-corrected chi connectivity index (χ4v) is 4.56. The molecule has 1 unspecified atom stereocenters. The second kappa shape index (κ2) is 7.23. The van der Waals surface area contributed by atoms with Crippen molar-refractivity contribution in [1.82, 2.24) is 10.2 Å². The lowest BCUT2D eigenvalue weighted by atomic mass is 9.85. The van der Waals surface area contributed by atoms with Gasteiger partial charge in [0.2, 0.25) is 11.8 Å². The van der Waals surface area contributed by atoms with Gasteiger partial charge in [0, 0.05) is 30.8 Å². The van der Waals surface area contributed by atoms with E-state index in [0.29, 0.717) is 18.7 Å². The van der Waals surface area contributed by atoms with Crippen molar-refractivity contribution < 1.29 is 18.8 Å². The molecule has 2 saturated heterocycles. The topological polar surface area (TPSA) is 79.6 Å². The minimum Gasteiger partial charge on any atom is -0.456 e. The third-order valence-electron chi connectivity index (χ3n) is 5.01. The van der Waals surface area contributed by atoms with Gasteiger partial charge >= 0.3 is 0 Å². The number of likely N-dealkylation sites (tertiary alicyclic amines) is 1. The van der Waals surface area contributed by atoms with E-state index in [4.69, 9.17) is 4.42 Å². The summed E-state index contributed by atoms with van der Waals surface area (Å²) in [6, 6.07) is 1.82. The first-order valence-corrected chi connectivity index (χ1v) is 9.91. The van der Waals surface area contributed by atoms with Crippen LogP contribution in [0, 0.1) is 12.3 Å². The number of nitrogens with zero attached hydrogens (tertiary/aromatic N) is 1. The van der Waals surface area contributed by atoms with Crippen LogP contribution in [0.4, 0.5) is 0 Å². The van der Waals surface area contributed by atoms with Gasteiger partial charge < -0.3 is 9.32 Å². The average molecular weight is 364 g/mol. The summed E-state index contributed by atoms with van der Waals surface area (Å²) in [4.78, 5) is 37.9. The van der Waals surface area contributed by atoms with Crippen LogP contribution in [0.3, 0.4) is 0 Å². The summed E-state index contributed by atoms with van der Waals surface area (Å²) in [7, 11) is 0. The van der Waals surface area contributed by atoms with Gasteiger partial charge in [-0.2, -0.15) is 11.8 Å². The van der Waals surface area contributed by atoms with Crippen molar-refractivity contribution in [3.63, 3.8) is 0 Å². The van der Waals surface area contributed by atoms with Crippen LogP contribution in [-0.4, -0.2) is 41.5 Å². The number of rotatable bonds is 6. The number of aryl methyl sites for hydroxylation is 1. The van der Waals surface area contributed by atoms with Gasteiger partial charge in [-0.1, -0.05) is 13.3 Å². The van der Waals surface area contributed by atoms with E-state index in [1.165, 1.54) is 12.8 Å². The van der Waals surface area contributed by atoms with E-state index in [9.17, 15) is 14.4 Å². The SMILES string of the molecule is CCCCSCc1cc(C(=O)N2CCC3(CC(=O)NC3=O)C2)oc1C. The molecule has 1 aromatic rings. The van der Waals surface area contributed by atoms with Gasteiger partial charge in [0.15, 0.2) is 5.76 Å². The molecule has 1 spiro atoms. The Morgan fingerprint density at radius 1 is 1.44 bits per heavy atom. The maximum atomic E-state index is 12.7. The normalized spacial score (nSPS) is 22.9. The zero-order valence-corrected chi connectivity index (χ0v) is 15.5. The number of hydrogen-bond donors (Lipinski definition) is 1. The highest BCUT2D eigenvalue weighted by atomic mass is 32.2. The summed E-state index contributed by atoms with van der Waals surface area (Å²) < 4.78 is 5.67. The molecule has 0 aromatic carbocycles. The van der Waals surface area contributed by atoms with E-state index in [0.717, 1.165) is 22.8 Å². The van der Waals surface area contributed by atoms with Crippen molar-refractivity contribution in [3.8, 4) is 0 Å². The second-order valence-corrected chi connectivity index (χ2v) is 8.01. The molecular formula is C18H24N2O4S. The second-order valence-electron chi connectivity index (χ2n) is 6.91. The predicted molar refractivity (Wildman–Crippen MR) is 95.2 cm³/mol. The lowest BCUT2D eigenvalue weighted by Gasteiger charge is -2.19. The van der Waals surface area contributed by atoms with Gasteiger partial charge in [0.05, 0.1) is 5.41 Å². The minimum atomic E-state index is -0.743. The number of carbonyl (C=O) groups is 3. The predicted octanol–water partition coefficient (Wildman–Crippen LogP) is 2.50. The van der Waals surface area contributed by atoms with Gasteiger partial charge in [-0.15, -0.1) is 0 Å². The molecule has 2 fully saturated rings. The highest BCUT2D eigenvalue weighted by molar-refractivity contribution is 7.98. The van der Waals surface area contributed by atoms with Gasteiger partial charge in [-0.25, -0.2) is 0 Å². The molecule has 7 heteroatoms. The first-order chi connectivity index (χ1) is 11.9. The maximum Gasteiger partial charge on any atom is 0.289 e. The van der Waals surface area contributed by atoms with Crippen molar-refractivity contribution in [2.75, 3.05) is 18.8 Å². The van der Waals surface area contributed by atoms with Crippen LogP contribution in [0.15, 0.2) is 10.5 Å². The molecule has 0 radical (unpaired) electrons. The molecule has 3 heterocycles. The van der Waals surface area contributed by atoms with Gasteiger partial charge in [-0.05, 0) is 31.6 Å². The molecule has 0 bridgehead atoms. The van der Waals surface area contributed by atoms with Crippen molar-refractivity contribution in [2.45, 2.75) is 45.3 Å². The van der Waals surface area contributed by atoms with E-state index in [2.05, 4.69) is 12.2 Å². The fraction of sp³-hybridized carbons (Fsp3) is 0.611. The first kappa shape index (κ1) is 18.0. The largest absolute Gasteiger partial charge is 0.456 e. The molecule has 0 aliphatic carbocycles. The Labute approximate surface area is 151 Å². The zero-order valence-electron chi connectivity index (χ0n) is 14.7. The maximum absolute atomic E-state index is 12.7. The highest BCUT2D eigenvalue weighted by Crippen LogP contribution is 2.38. The molecule has 1 aromatic heterocycles. The Morgan fingerprint density at radius 2 is 2.24 bits per heavy atom. The highest BCUT2D eigenvalue weighted by Gasteiger charge is 2.52. The Kier molecular flexibility index (Phi) is 5.22. The van der Waals surface area contributed by atoms with Gasteiger partial charge in [0.25, 0.3) is 5.91 Å². The summed E-state index contributed by atoms with van der Waals surface area (Å²) >= 11 is 1.84. The third-order valence-corrected chi connectivity index (χ3v) is 6.10. The summed E-state index contributed by atoms with van der Waals surface area (Å²) in [5.74, 6) is 2.33. The van der Waals surface area contributed by atoms with Crippen molar-refractivity contribution in [1.29, 1.82) is 0 Å². The Hall–Kier alpha value is -1.76. The molecule has 1 N–H and O–H groups in total. The molecule has 3 rings (SSSR count). The number of furan rings is 1. The van der Waals surface area contributed by atoms with Crippen LogP contribution in [0.5, 0.6) is 0 Å². The van der Waals surface area contributed by atoms with Crippen LogP contribution < -0.4 is 5.32 Å². The summed E-state index contributed by atoms with van der Waals surface area (Å²) in [5.41, 5.74) is 0.305. The van der Waals surface area contributed by atoms with Crippen LogP contribution in [0.2, 0.25) is 0 Å². The molecule has 0 saturated carbocycles. The first-order valence-electron chi connectivity index (χ1n) is 8.76. The van der Waals surface area contributed by atoms with Crippen molar-refractivity contribution in [2.24, 2.45) is 5.41 Å². The number of hydrogen-bond acceptors (Lipinski definition) is 5. The summed E-state index contributed by atoms with van der Waals surface area (Å²) in [5, 5.41) is 2.35. The van der Waals surface area contributed by atoms with Crippen LogP contribution in [0.1, 0.15) is 54.5 Å². The zero-order chi connectivity index (χ0) is 18.0. The quantitative estimate of drug-likeness (QED) is 0.620. The third kappa shape index (κ3) is 3.61. The Bertz CT molecular complexity index is 699. The molecule has 2 aliphatic heterocycles. The number of imide groups is 1. The molecule has 3 amide bonds. The van der Waals surface area contributed by atoms with Gasteiger partial charge in [0.1, 0.15) is 5.76 Å². The van der Waals surface area contributed by atoms with E-state index in [1.54, 1.807) is 4.90 Å². The standard InChI is InChI=1S/C18H24N2O4S/c1-3-4-7-25-10-13-8-14(24-12(13)2)16(22)20-6-5-18(11-20)9-15(21)19-17(18)23/h8H,3-7,9-11H2,1-2H3,(H,19,21,23). The van der Waals surface area contributed by atoms with Crippen LogP contribution >= 0.6 is 11.8 Å². The molecule has 2 aliphatic rings. The fourth-order valence-electron chi connectivity index (χ4n) is 3.42. The van der Waals surface area contributed by atoms with E-state index < -0.39 is 5.41 Å². The summed E-state index contributed by atoms with van der Waals surface area (Å²) in [6.45, 7) is 4.80. The lowest BCUT2D eigenvalue weighted by Crippen LogP contribution is -2.36. The van der Waals surface area contributed by atoms with Crippen molar-refractivity contribution in [3.05, 3.63) is 23.2 Å². The molecule has 25 heavy (non-hydrogen) atoms. The van der Waals surface area contributed by atoms with E-state index in [-0.39, 0.29) is 30.7 Å². The molecule has 136 valence electrons. The van der Waals surface area contributed by atoms with E-state index >= 15 is 0 Å². The monoisotopic (exact) mass is 364 g/mol. The molecule has 1 atom stereocenters. The lowest BCUT2D eigenvalue weighted by molar-refractivity contribution is -0.128. The Balaban J connectivity index is 1.64. The van der Waals surface area contributed by atoms with Crippen LogP contribution in [-0.2, 0) is 15.3 Å². The molecule has 6 nitrogen and oxygen atoms in total. The summed E-state index contributed by atoms with van der Waals surface area (Å²) in [6.07, 6.45) is 3.06. The van der Waals surface area contributed by atoms with Crippen molar-refractivity contribution >= 4 is 29.5 Å². The Morgan fingerprint density at radius 3 is 2.92 bits per heavy atom. The number of unbranched alkanes of at least 4 members (excludes halogenated alkanes) is 1. The number of amides is 3. The minimum absolute atomic E-state index is 0.173. The number of thioether (sulfide) groups is 1.